The Hall–Kier alpha value is 1.09. The third-order valence-corrected chi connectivity index (χ3v) is 8.09. The summed E-state index contributed by atoms with van der Waals surface area (Å²) in [5, 5.41) is 0. The van der Waals surface area contributed by atoms with Crippen LogP contribution in [0.3, 0.4) is 0 Å². The van der Waals surface area contributed by atoms with Gasteiger partial charge in [-0.2, -0.15) is 0 Å². The van der Waals surface area contributed by atoms with Crippen molar-refractivity contribution in [3.8, 4) is 0 Å². The Bertz CT molecular complexity index is 84.6. The van der Waals surface area contributed by atoms with Crippen LogP contribution in [0.25, 0.3) is 0 Å². The van der Waals surface area contributed by atoms with Crippen molar-refractivity contribution in [3.05, 3.63) is 0 Å². The minimum atomic E-state index is -0.245. The predicted molar refractivity (Wildman–Crippen MR) is 68.7 cm³/mol. The fourth-order valence-corrected chi connectivity index (χ4v) is 6.95. The fraction of sp³-hybridized carbons (Fsp3) is 1.00. The molecule has 0 rings (SSSR count). The van der Waals surface area contributed by atoms with Crippen molar-refractivity contribution >= 4 is 29.3 Å². The molecule has 0 aromatic heterocycles. The first-order valence-electron chi connectivity index (χ1n) is 5.04. The number of rotatable bonds is 9. The van der Waals surface area contributed by atoms with Crippen molar-refractivity contribution in [1.29, 1.82) is 0 Å². The van der Waals surface area contributed by atoms with Crippen molar-refractivity contribution in [2.24, 2.45) is 0 Å². The summed E-state index contributed by atoms with van der Waals surface area (Å²) >= 11 is 4.01. The minimum absolute atomic E-state index is 0.245. The summed E-state index contributed by atoms with van der Waals surface area (Å²) in [5.74, 6) is 2.48. The van der Waals surface area contributed by atoms with Crippen LogP contribution in [0.5, 0.6) is 0 Å². The Labute approximate surface area is 92.1 Å². The summed E-state index contributed by atoms with van der Waals surface area (Å²) < 4.78 is 5.79. The molecule has 0 spiro atoms. The second-order valence-corrected chi connectivity index (χ2v) is 8.99. The largest absolute Gasteiger partial charge is 0.339 e. The van der Waals surface area contributed by atoms with Gasteiger partial charge >= 0.3 is 0 Å². The molecule has 0 amide bonds. The zero-order valence-corrected chi connectivity index (χ0v) is 11.4. The van der Waals surface area contributed by atoms with Crippen molar-refractivity contribution in [3.63, 3.8) is 0 Å². The van der Waals surface area contributed by atoms with Crippen molar-refractivity contribution in [2.75, 3.05) is 18.1 Å². The molecule has 0 fully saturated rings. The smallest absolute Gasteiger partial charge is 0.151 e. The lowest BCUT2D eigenvalue weighted by Gasteiger charge is -2.14. The van der Waals surface area contributed by atoms with E-state index in [-0.39, 0.29) is 6.55 Å². The molecule has 13 heavy (non-hydrogen) atoms. The van der Waals surface area contributed by atoms with Gasteiger partial charge in [0.25, 0.3) is 0 Å². The van der Waals surface area contributed by atoms with E-state index in [1.165, 1.54) is 24.3 Å². The minimum Gasteiger partial charge on any atom is -0.339 e. The van der Waals surface area contributed by atoms with Gasteiger partial charge in [0.05, 0.1) is 6.61 Å². The highest BCUT2D eigenvalue weighted by molar-refractivity contribution is 8.86. The predicted octanol–water partition coefficient (Wildman–Crippen LogP) is 4.93. The molecule has 0 N–H and O–H groups in total. The molecule has 1 nitrogen and oxygen atoms in total. The fourth-order valence-electron chi connectivity index (χ4n) is 0.609. The first-order chi connectivity index (χ1) is 6.35. The van der Waals surface area contributed by atoms with Gasteiger partial charge in [0, 0.05) is 11.5 Å². The van der Waals surface area contributed by atoms with E-state index in [4.69, 9.17) is 4.52 Å². The maximum atomic E-state index is 5.79. The van der Waals surface area contributed by atoms with Gasteiger partial charge in [-0.3, -0.25) is 0 Å². The third-order valence-electron chi connectivity index (χ3n) is 1.20. The monoisotopic (exact) mass is 240 g/mol. The standard InChI is InChI=1S/C9H21OPS2/c1-4-7-10-11(12-8-5-2)13-9-6-3/h4-9H2,1-3H3. The summed E-state index contributed by atoms with van der Waals surface area (Å²) in [5.41, 5.74) is 0. The molecule has 0 aromatic rings. The molecule has 0 saturated heterocycles. The summed E-state index contributed by atoms with van der Waals surface area (Å²) in [6.07, 6.45) is 3.65. The van der Waals surface area contributed by atoms with Gasteiger partial charge in [-0.25, -0.2) is 0 Å². The van der Waals surface area contributed by atoms with Gasteiger partial charge in [-0.05, 0) is 19.3 Å². The molecule has 0 bridgehead atoms. The van der Waals surface area contributed by atoms with E-state index < -0.39 is 0 Å². The highest BCUT2D eigenvalue weighted by Crippen LogP contribution is 2.61. The van der Waals surface area contributed by atoms with Crippen LogP contribution >= 0.6 is 29.3 Å². The Morgan fingerprint density at radius 2 is 1.46 bits per heavy atom. The molecular formula is C9H21OPS2. The van der Waals surface area contributed by atoms with Gasteiger partial charge in [0.2, 0.25) is 0 Å². The molecule has 0 atom stereocenters. The zero-order chi connectivity index (χ0) is 9.94. The molecule has 0 aliphatic carbocycles. The van der Waals surface area contributed by atoms with E-state index in [9.17, 15) is 0 Å². The number of hydrogen-bond acceptors (Lipinski definition) is 3. The van der Waals surface area contributed by atoms with Crippen LogP contribution in [0.1, 0.15) is 40.0 Å². The van der Waals surface area contributed by atoms with Gasteiger partial charge in [0.15, 0.2) is 6.55 Å². The quantitative estimate of drug-likeness (QED) is 0.529. The van der Waals surface area contributed by atoms with Gasteiger partial charge in [0.1, 0.15) is 0 Å². The van der Waals surface area contributed by atoms with Crippen LogP contribution in [0.4, 0.5) is 0 Å². The van der Waals surface area contributed by atoms with E-state index in [0.717, 1.165) is 13.0 Å². The van der Waals surface area contributed by atoms with Crippen LogP contribution in [0.15, 0.2) is 0 Å². The Kier molecular flexibility index (Phi) is 12.1. The van der Waals surface area contributed by atoms with Crippen LogP contribution in [0, 0.1) is 0 Å². The molecule has 0 heterocycles. The van der Waals surface area contributed by atoms with Crippen LogP contribution < -0.4 is 0 Å². The summed E-state index contributed by atoms with van der Waals surface area (Å²) in [7, 11) is 0. The second kappa shape index (κ2) is 11.2. The van der Waals surface area contributed by atoms with E-state index in [1.54, 1.807) is 0 Å². The first kappa shape index (κ1) is 14.1. The molecule has 0 unspecified atom stereocenters. The molecule has 0 aliphatic heterocycles. The zero-order valence-electron chi connectivity index (χ0n) is 8.91. The van der Waals surface area contributed by atoms with Crippen LogP contribution in [-0.2, 0) is 4.52 Å². The maximum absolute atomic E-state index is 5.79. The second-order valence-electron chi connectivity index (χ2n) is 2.72. The highest BCUT2D eigenvalue weighted by atomic mass is 33.1. The molecule has 0 aliphatic rings. The molecule has 0 saturated carbocycles. The third kappa shape index (κ3) is 9.40. The lowest BCUT2D eigenvalue weighted by molar-refractivity contribution is 0.366. The van der Waals surface area contributed by atoms with E-state index in [2.05, 4.69) is 20.8 Å². The lowest BCUT2D eigenvalue weighted by atomic mass is 10.5. The van der Waals surface area contributed by atoms with E-state index in [0.29, 0.717) is 0 Å². The molecule has 0 aromatic carbocycles. The average Bonchev–Trinajstić information content (AvgIpc) is 2.17. The summed E-state index contributed by atoms with van der Waals surface area (Å²) in [6, 6.07) is 0. The maximum Gasteiger partial charge on any atom is 0.151 e. The normalized spacial score (nSPS) is 11.1. The molecular weight excluding hydrogens is 219 g/mol. The Morgan fingerprint density at radius 3 is 1.85 bits per heavy atom. The van der Waals surface area contributed by atoms with Crippen molar-refractivity contribution in [1.82, 2.24) is 0 Å². The Balaban J connectivity index is 3.47. The van der Waals surface area contributed by atoms with E-state index in [1.807, 2.05) is 22.8 Å². The van der Waals surface area contributed by atoms with Crippen LogP contribution in [-0.4, -0.2) is 18.1 Å². The van der Waals surface area contributed by atoms with Gasteiger partial charge < -0.3 is 4.52 Å². The highest BCUT2D eigenvalue weighted by Gasteiger charge is 2.08. The van der Waals surface area contributed by atoms with Crippen LogP contribution in [0.2, 0.25) is 0 Å². The van der Waals surface area contributed by atoms with Gasteiger partial charge in [-0.1, -0.05) is 43.5 Å². The summed E-state index contributed by atoms with van der Waals surface area (Å²) in [4.78, 5) is 0. The Morgan fingerprint density at radius 1 is 0.923 bits per heavy atom. The van der Waals surface area contributed by atoms with Crippen molar-refractivity contribution in [2.45, 2.75) is 40.0 Å². The SMILES string of the molecule is CCCOP(SCCC)SCCC. The van der Waals surface area contributed by atoms with Gasteiger partial charge in [-0.15, -0.1) is 0 Å². The topological polar surface area (TPSA) is 9.23 Å². The molecule has 4 heteroatoms. The average molecular weight is 240 g/mol. The van der Waals surface area contributed by atoms with Crippen molar-refractivity contribution < 1.29 is 4.52 Å². The summed E-state index contributed by atoms with van der Waals surface area (Å²) in [6.45, 7) is 7.31. The lowest BCUT2D eigenvalue weighted by Crippen LogP contribution is -1.84. The first-order valence-corrected chi connectivity index (χ1v) is 9.48. The molecule has 80 valence electrons. The molecule has 0 radical (unpaired) electrons. The van der Waals surface area contributed by atoms with E-state index >= 15 is 0 Å². The number of hydrogen-bond donors (Lipinski definition) is 0.